The summed E-state index contributed by atoms with van der Waals surface area (Å²) in [4.78, 5) is 2.23. The van der Waals surface area contributed by atoms with Gasteiger partial charge in [0.25, 0.3) is 0 Å². The number of likely N-dealkylation sites (tertiary alicyclic amines) is 1. The molecule has 3 heteroatoms. The van der Waals surface area contributed by atoms with Gasteiger partial charge in [0.1, 0.15) is 0 Å². The van der Waals surface area contributed by atoms with Crippen molar-refractivity contribution in [2.24, 2.45) is 5.16 Å². The van der Waals surface area contributed by atoms with Crippen molar-refractivity contribution in [2.45, 2.75) is 12.8 Å². The lowest BCUT2D eigenvalue weighted by molar-refractivity contribution is 0.297. The summed E-state index contributed by atoms with van der Waals surface area (Å²) in [7, 11) is 2.08. The van der Waals surface area contributed by atoms with Gasteiger partial charge in [-0.3, -0.25) is 0 Å². The van der Waals surface area contributed by atoms with E-state index in [4.69, 9.17) is 5.21 Å². The molecule has 0 atom stereocenters. The zero-order valence-electron chi connectivity index (χ0n) is 5.67. The van der Waals surface area contributed by atoms with Gasteiger partial charge in [-0.15, -0.1) is 0 Å². The van der Waals surface area contributed by atoms with Crippen molar-refractivity contribution in [3.63, 3.8) is 0 Å². The average Bonchev–Trinajstić information content (AvgIpc) is 1.90. The normalized spacial score (nSPS) is 22.1. The smallest absolute Gasteiger partial charge is 0.0596 e. The maximum absolute atomic E-state index is 8.35. The van der Waals surface area contributed by atoms with Crippen LogP contribution in [0.2, 0.25) is 0 Å². The zero-order valence-corrected chi connectivity index (χ0v) is 5.67. The second kappa shape index (κ2) is 2.82. The van der Waals surface area contributed by atoms with Crippen molar-refractivity contribution >= 4 is 5.71 Å². The van der Waals surface area contributed by atoms with Gasteiger partial charge in [0.05, 0.1) is 5.71 Å². The van der Waals surface area contributed by atoms with Crippen molar-refractivity contribution in [3.05, 3.63) is 0 Å². The van der Waals surface area contributed by atoms with Crippen molar-refractivity contribution in [1.82, 2.24) is 4.90 Å². The largest absolute Gasteiger partial charge is 0.411 e. The van der Waals surface area contributed by atoms with Crippen LogP contribution in [-0.2, 0) is 0 Å². The van der Waals surface area contributed by atoms with Gasteiger partial charge < -0.3 is 10.1 Å². The van der Waals surface area contributed by atoms with E-state index in [-0.39, 0.29) is 0 Å². The molecule has 1 rings (SSSR count). The number of nitrogens with zero attached hydrogens (tertiary/aromatic N) is 2. The Hall–Kier alpha value is -0.570. The van der Waals surface area contributed by atoms with Crippen LogP contribution >= 0.6 is 0 Å². The highest BCUT2D eigenvalue weighted by atomic mass is 16.4. The first kappa shape index (κ1) is 6.55. The highest BCUT2D eigenvalue weighted by Gasteiger charge is 2.10. The summed E-state index contributed by atoms with van der Waals surface area (Å²) in [6, 6.07) is 0. The van der Waals surface area contributed by atoms with Crippen LogP contribution in [0, 0.1) is 0 Å². The number of hydrogen-bond acceptors (Lipinski definition) is 3. The third kappa shape index (κ3) is 1.68. The van der Waals surface area contributed by atoms with Crippen molar-refractivity contribution in [3.8, 4) is 0 Å². The Morgan fingerprint density at radius 3 is 2.44 bits per heavy atom. The molecule has 3 nitrogen and oxygen atoms in total. The molecule has 0 spiro atoms. The molecule has 0 amide bonds. The number of oxime groups is 1. The highest BCUT2D eigenvalue weighted by Crippen LogP contribution is 2.03. The fourth-order valence-corrected chi connectivity index (χ4v) is 0.977. The van der Waals surface area contributed by atoms with Crippen LogP contribution in [0.25, 0.3) is 0 Å². The topological polar surface area (TPSA) is 35.8 Å². The Morgan fingerprint density at radius 1 is 1.44 bits per heavy atom. The van der Waals surface area contributed by atoms with Gasteiger partial charge in [-0.05, 0) is 7.05 Å². The van der Waals surface area contributed by atoms with Crippen molar-refractivity contribution in [1.29, 1.82) is 0 Å². The fourth-order valence-electron chi connectivity index (χ4n) is 0.977. The zero-order chi connectivity index (χ0) is 6.69. The molecule has 1 aliphatic rings. The summed E-state index contributed by atoms with van der Waals surface area (Å²) in [6.07, 6.45) is 1.85. The Morgan fingerprint density at radius 2 is 2.00 bits per heavy atom. The Balaban J connectivity index is 2.35. The standard InChI is InChI=1S/C6H12N2O/c1-8-4-2-6(7-9)3-5-8/h9H,2-5H2,1H3. The summed E-state index contributed by atoms with van der Waals surface area (Å²) in [5.41, 5.74) is 0.938. The number of rotatable bonds is 0. The van der Waals surface area contributed by atoms with Crippen LogP contribution in [0.5, 0.6) is 0 Å². The fraction of sp³-hybridized carbons (Fsp3) is 0.833. The summed E-state index contributed by atoms with van der Waals surface area (Å²) in [5.74, 6) is 0. The Labute approximate surface area is 55.0 Å². The minimum atomic E-state index is 0.924. The molecule has 0 radical (unpaired) electrons. The second-order valence-corrected chi connectivity index (χ2v) is 2.47. The maximum atomic E-state index is 8.35. The van der Waals surface area contributed by atoms with E-state index in [2.05, 4.69) is 17.1 Å². The SMILES string of the molecule is CN1CCC(=NO)CC1. The van der Waals surface area contributed by atoms with Crippen LogP contribution in [0.4, 0.5) is 0 Å². The molecule has 0 bridgehead atoms. The third-order valence-corrected chi connectivity index (χ3v) is 1.71. The van der Waals surface area contributed by atoms with E-state index in [1.165, 1.54) is 0 Å². The number of hydrogen-bond donors (Lipinski definition) is 1. The molecule has 1 saturated heterocycles. The molecular weight excluding hydrogens is 116 g/mol. The van der Waals surface area contributed by atoms with Gasteiger partial charge in [0, 0.05) is 25.9 Å². The van der Waals surface area contributed by atoms with E-state index in [1.54, 1.807) is 0 Å². The van der Waals surface area contributed by atoms with E-state index >= 15 is 0 Å². The third-order valence-electron chi connectivity index (χ3n) is 1.71. The first-order valence-corrected chi connectivity index (χ1v) is 3.21. The molecule has 0 saturated carbocycles. The Kier molecular flexibility index (Phi) is 2.05. The molecule has 0 unspecified atom stereocenters. The lowest BCUT2D eigenvalue weighted by Gasteiger charge is -2.21. The van der Waals surface area contributed by atoms with Gasteiger partial charge in [-0.2, -0.15) is 0 Å². The monoisotopic (exact) mass is 128 g/mol. The summed E-state index contributed by atoms with van der Waals surface area (Å²) >= 11 is 0. The predicted molar refractivity (Wildman–Crippen MR) is 36.0 cm³/mol. The van der Waals surface area contributed by atoms with Crippen molar-refractivity contribution < 1.29 is 5.21 Å². The molecule has 0 aromatic heterocycles. The molecule has 0 aromatic carbocycles. The molecule has 0 aliphatic carbocycles. The predicted octanol–water partition coefficient (Wildman–Crippen LogP) is 0.542. The molecule has 1 heterocycles. The molecule has 9 heavy (non-hydrogen) atoms. The molecular formula is C6H12N2O. The molecule has 1 N–H and O–H groups in total. The van der Waals surface area contributed by atoms with Gasteiger partial charge in [0.2, 0.25) is 0 Å². The van der Waals surface area contributed by atoms with Gasteiger partial charge in [0.15, 0.2) is 0 Å². The minimum Gasteiger partial charge on any atom is -0.411 e. The van der Waals surface area contributed by atoms with Crippen LogP contribution in [0.15, 0.2) is 5.16 Å². The van der Waals surface area contributed by atoms with E-state index < -0.39 is 0 Å². The van der Waals surface area contributed by atoms with Crippen LogP contribution in [0.3, 0.4) is 0 Å². The second-order valence-electron chi connectivity index (χ2n) is 2.47. The maximum Gasteiger partial charge on any atom is 0.0596 e. The summed E-state index contributed by atoms with van der Waals surface area (Å²) < 4.78 is 0. The van der Waals surface area contributed by atoms with E-state index in [9.17, 15) is 0 Å². The van der Waals surface area contributed by atoms with Gasteiger partial charge in [-0.1, -0.05) is 5.16 Å². The van der Waals surface area contributed by atoms with Crippen molar-refractivity contribution in [2.75, 3.05) is 20.1 Å². The summed E-state index contributed by atoms with van der Waals surface area (Å²) in [6.45, 7) is 2.05. The lowest BCUT2D eigenvalue weighted by atomic mass is 10.1. The van der Waals surface area contributed by atoms with E-state index in [1.807, 2.05) is 0 Å². The van der Waals surface area contributed by atoms with Crippen LogP contribution in [-0.4, -0.2) is 36.0 Å². The molecule has 1 fully saturated rings. The van der Waals surface area contributed by atoms with E-state index in [0.29, 0.717) is 0 Å². The highest BCUT2D eigenvalue weighted by molar-refractivity contribution is 5.84. The van der Waals surface area contributed by atoms with Gasteiger partial charge >= 0.3 is 0 Å². The molecule has 1 aliphatic heterocycles. The average molecular weight is 128 g/mol. The number of piperidine rings is 1. The molecule has 52 valence electrons. The quantitative estimate of drug-likeness (QED) is 0.382. The Bertz CT molecular complexity index is 112. The summed E-state index contributed by atoms with van der Waals surface area (Å²) in [5, 5.41) is 11.5. The first-order chi connectivity index (χ1) is 4.33. The molecule has 0 aromatic rings. The van der Waals surface area contributed by atoms with Crippen LogP contribution in [0.1, 0.15) is 12.8 Å². The van der Waals surface area contributed by atoms with E-state index in [0.717, 1.165) is 31.6 Å². The lowest BCUT2D eigenvalue weighted by Crippen LogP contribution is -2.30. The minimum absolute atomic E-state index is 0.924. The van der Waals surface area contributed by atoms with Crippen LogP contribution < -0.4 is 0 Å². The first-order valence-electron chi connectivity index (χ1n) is 3.21. The van der Waals surface area contributed by atoms with Gasteiger partial charge in [-0.25, -0.2) is 0 Å².